The van der Waals surface area contributed by atoms with Gasteiger partial charge in [-0.2, -0.15) is 13.2 Å². The Morgan fingerprint density at radius 3 is 2.68 bits per heavy atom. The van der Waals surface area contributed by atoms with Crippen LogP contribution in [0.2, 0.25) is 5.02 Å². The molecule has 1 heterocycles. The summed E-state index contributed by atoms with van der Waals surface area (Å²) in [5.74, 6) is -0.272. The van der Waals surface area contributed by atoms with Crippen LogP contribution in [0.4, 0.5) is 28.9 Å². The SMILES string of the molecule is NC(=Nc1cc(C(F)(F)F)ccc1F)N1CCSc2ccc(Cl)cc21. The monoisotopic (exact) mass is 389 g/mol. The van der Waals surface area contributed by atoms with E-state index in [2.05, 4.69) is 4.99 Å². The molecule has 1 aliphatic heterocycles. The van der Waals surface area contributed by atoms with Crippen LogP contribution in [0.5, 0.6) is 0 Å². The van der Waals surface area contributed by atoms with Crippen molar-refractivity contribution in [3.63, 3.8) is 0 Å². The summed E-state index contributed by atoms with van der Waals surface area (Å²) in [6.07, 6.45) is -4.59. The summed E-state index contributed by atoms with van der Waals surface area (Å²) in [7, 11) is 0. The number of alkyl halides is 3. The average molecular weight is 390 g/mol. The number of hydrogen-bond donors (Lipinski definition) is 1. The van der Waals surface area contributed by atoms with Crippen LogP contribution in [0.25, 0.3) is 0 Å². The highest BCUT2D eigenvalue weighted by Gasteiger charge is 2.31. The van der Waals surface area contributed by atoms with Crippen LogP contribution in [0, 0.1) is 5.82 Å². The topological polar surface area (TPSA) is 41.6 Å². The number of fused-ring (bicyclic) bond motifs is 1. The van der Waals surface area contributed by atoms with E-state index in [9.17, 15) is 17.6 Å². The van der Waals surface area contributed by atoms with Gasteiger partial charge in [-0.05, 0) is 36.4 Å². The number of hydrogen-bond acceptors (Lipinski definition) is 2. The molecule has 0 amide bonds. The maximum absolute atomic E-state index is 13.9. The van der Waals surface area contributed by atoms with E-state index in [1.807, 2.05) is 6.07 Å². The minimum atomic E-state index is -4.59. The largest absolute Gasteiger partial charge is 0.416 e. The second-order valence-electron chi connectivity index (χ2n) is 5.25. The van der Waals surface area contributed by atoms with Crippen molar-refractivity contribution in [1.82, 2.24) is 0 Å². The molecule has 3 nitrogen and oxygen atoms in total. The summed E-state index contributed by atoms with van der Waals surface area (Å²) in [5, 5.41) is 0.490. The van der Waals surface area contributed by atoms with Gasteiger partial charge in [0.1, 0.15) is 11.5 Å². The minimum Gasteiger partial charge on any atom is -0.369 e. The highest BCUT2D eigenvalue weighted by molar-refractivity contribution is 7.99. The Morgan fingerprint density at radius 2 is 1.96 bits per heavy atom. The van der Waals surface area contributed by atoms with E-state index in [1.165, 1.54) is 0 Å². The first-order valence-corrected chi connectivity index (χ1v) is 8.53. The van der Waals surface area contributed by atoms with Gasteiger partial charge in [-0.25, -0.2) is 9.38 Å². The van der Waals surface area contributed by atoms with E-state index >= 15 is 0 Å². The van der Waals surface area contributed by atoms with Crippen molar-refractivity contribution >= 4 is 40.7 Å². The first-order chi connectivity index (χ1) is 11.8. The first kappa shape index (κ1) is 17.9. The summed E-state index contributed by atoms with van der Waals surface area (Å²) in [6, 6.07) is 7.28. The van der Waals surface area contributed by atoms with Gasteiger partial charge >= 0.3 is 6.18 Å². The van der Waals surface area contributed by atoms with Crippen molar-refractivity contribution in [2.45, 2.75) is 11.1 Å². The fourth-order valence-corrected chi connectivity index (χ4v) is 3.53. The van der Waals surface area contributed by atoms with Crippen LogP contribution in [-0.2, 0) is 6.18 Å². The lowest BCUT2D eigenvalue weighted by Gasteiger charge is -2.30. The van der Waals surface area contributed by atoms with Crippen LogP contribution < -0.4 is 10.6 Å². The fourth-order valence-electron chi connectivity index (χ4n) is 2.39. The molecule has 0 fully saturated rings. The van der Waals surface area contributed by atoms with Gasteiger partial charge in [-0.15, -0.1) is 11.8 Å². The third-order valence-electron chi connectivity index (χ3n) is 3.57. The quantitative estimate of drug-likeness (QED) is 0.421. The molecule has 1 aliphatic rings. The lowest BCUT2D eigenvalue weighted by molar-refractivity contribution is -0.137. The van der Waals surface area contributed by atoms with E-state index in [-0.39, 0.29) is 5.96 Å². The lowest BCUT2D eigenvalue weighted by Crippen LogP contribution is -2.40. The van der Waals surface area contributed by atoms with Gasteiger partial charge in [0.25, 0.3) is 0 Å². The third-order valence-corrected chi connectivity index (χ3v) is 4.85. The van der Waals surface area contributed by atoms with E-state index < -0.39 is 23.2 Å². The Labute approximate surface area is 150 Å². The Morgan fingerprint density at radius 1 is 1.20 bits per heavy atom. The van der Waals surface area contributed by atoms with Crippen molar-refractivity contribution in [2.24, 2.45) is 10.7 Å². The molecule has 3 rings (SSSR count). The number of nitrogens with zero attached hydrogens (tertiary/aromatic N) is 2. The Bertz CT molecular complexity index is 839. The molecule has 0 saturated heterocycles. The van der Waals surface area contributed by atoms with Gasteiger partial charge in [0.05, 0.1) is 11.3 Å². The van der Waals surface area contributed by atoms with Crippen molar-refractivity contribution in [3.05, 3.63) is 52.8 Å². The molecular weight excluding hydrogens is 378 g/mol. The van der Waals surface area contributed by atoms with E-state index in [0.29, 0.717) is 35.1 Å². The van der Waals surface area contributed by atoms with E-state index in [1.54, 1.807) is 28.8 Å². The minimum absolute atomic E-state index is 0.0953. The van der Waals surface area contributed by atoms with Crippen molar-refractivity contribution < 1.29 is 17.6 Å². The van der Waals surface area contributed by atoms with E-state index in [4.69, 9.17) is 17.3 Å². The summed E-state index contributed by atoms with van der Waals surface area (Å²) in [5.41, 5.74) is 5.19. The molecule has 0 spiro atoms. The van der Waals surface area contributed by atoms with E-state index in [0.717, 1.165) is 11.0 Å². The average Bonchev–Trinajstić information content (AvgIpc) is 2.55. The number of thioether (sulfide) groups is 1. The van der Waals surface area contributed by atoms with Gasteiger partial charge < -0.3 is 10.6 Å². The van der Waals surface area contributed by atoms with Crippen molar-refractivity contribution in [1.29, 1.82) is 0 Å². The zero-order valence-corrected chi connectivity index (χ0v) is 14.2. The van der Waals surface area contributed by atoms with Gasteiger partial charge in [0.15, 0.2) is 0 Å². The van der Waals surface area contributed by atoms with Crippen LogP contribution in [0.15, 0.2) is 46.3 Å². The van der Waals surface area contributed by atoms with Crippen molar-refractivity contribution in [2.75, 3.05) is 17.2 Å². The van der Waals surface area contributed by atoms with Gasteiger partial charge in [-0.3, -0.25) is 0 Å². The molecule has 132 valence electrons. The number of rotatable bonds is 1. The van der Waals surface area contributed by atoms with Crippen molar-refractivity contribution in [3.8, 4) is 0 Å². The molecule has 0 unspecified atom stereocenters. The maximum atomic E-state index is 13.9. The molecule has 0 aliphatic carbocycles. The molecule has 0 aromatic heterocycles. The standard InChI is InChI=1S/C16H12ClF4N3S/c17-10-2-4-14-13(8-10)24(5-6-25-14)15(22)23-12-7-9(16(19,20)21)1-3-11(12)18/h1-4,7-8H,5-6H2,(H2,22,23). The van der Waals surface area contributed by atoms with Gasteiger partial charge in [-0.1, -0.05) is 11.6 Å². The van der Waals surface area contributed by atoms with Crippen LogP contribution in [-0.4, -0.2) is 18.3 Å². The Balaban J connectivity index is 2.00. The number of guanidine groups is 1. The maximum Gasteiger partial charge on any atom is 0.416 e. The second kappa shape index (κ2) is 6.76. The summed E-state index contributed by atoms with van der Waals surface area (Å²) in [6.45, 7) is 0.480. The molecule has 25 heavy (non-hydrogen) atoms. The molecule has 2 aromatic rings. The number of nitrogens with two attached hydrogens (primary N) is 1. The number of benzene rings is 2. The number of halogens is 5. The predicted molar refractivity (Wildman–Crippen MR) is 92.2 cm³/mol. The summed E-state index contributed by atoms with van der Waals surface area (Å²) in [4.78, 5) is 6.40. The highest BCUT2D eigenvalue weighted by atomic mass is 35.5. The molecule has 2 N–H and O–H groups in total. The fraction of sp³-hybridized carbons (Fsp3) is 0.188. The summed E-state index contributed by atoms with van der Waals surface area (Å²) >= 11 is 7.60. The smallest absolute Gasteiger partial charge is 0.369 e. The number of aliphatic imine (C=N–C) groups is 1. The predicted octanol–water partition coefficient (Wildman–Crippen LogP) is 5.06. The Hall–Kier alpha value is -1.93. The molecule has 0 radical (unpaired) electrons. The zero-order valence-electron chi connectivity index (χ0n) is 12.6. The van der Waals surface area contributed by atoms with Crippen LogP contribution in [0.1, 0.15) is 5.56 Å². The Kier molecular flexibility index (Phi) is 4.83. The lowest BCUT2D eigenvalue weighted by atomic mass is 10.2. The third kappa shape index (κ3) is 3.85. The summed E-state index contributed by atoms with van der Waals surface area (Å²) < 4.78 is 52.3. The molecule has 0 saturated carbocycles. The van der Waals surface area contributed by atoms with Crippen LogP contribution >= 0.6 is 23.4 Å². The van der Waals surface area contributed by atoms with Gasteiger partial charge in [0, 0.05) is 22.2 Å². The number of anilines is 1. The van der Waals surface area contributed by atoms with Gasteiger partial charge in [0.2, 0.25) is 5.96 Å². The normalized spacial score (nSPS) is 15.2. The zero-order chi connectivity index (χ0) is 18.2. The highest BCUT2D eigenvalue weighted by Crippen LogP contribution is 2.37. The first-order valence-electron chi connectivity index (χ1n) is 7.16. The van der Waals surface area contributed by atoms with Crippen LogP contribution in [0.3, 0.4) is 0 Å². The molecule has 2 aromatic carbocycles. The molecule has 0 atom stereocenters. The molecule has 0 bridgehead atoms. The molecule has 9 heteroatoms. The molecular formula is C16H12ClF4N3S. The second-order valence-corrected chi connectivity index (χ2v) is 6.82.